The molecule has 0 heterocycles. The van der Waals surface area contributed by atoms with Gasteiger partial charge in [0.15, 0.2) is 0 Å². The summed E-state index contributed by atoms with van der Waals surface area (Å²) in [6, 6.07) is 4.54. The number of hydrogen-bond donors (Lipinski definition) is 2. The molecule has 0 radical (unpaired) electrons. The Balaban J connectivity index is 2.39. The van der Waals surface area contributed by atoms with Gasteiger partial charge in [0.1, 0.15) is 0 Å². The van der Waals surface area contributed by atoms with Gasteiger partial charge in [0, 0.05) is 6.54 Å². The summed E-state index contributed by atoms with van der Waals surface area (Å²) in [6.45, 7) is 2.12. The quantitative estimate of drug-likeness (QED) is 0.791. The second-order valence-corrected chi connectivity index (χ2v) is 4.71. The summed E-state index contributed by atoms with van der Waals surface area (Å²) in [7, 11) is 0. The molecule has 0 saturated heterocycles. The highest BCUT2D eigenvalue weighted by Gasteiger charge is 2.29. The molecule has 1 rings (SSSR count). The van der Waals surface area contributed by atoms with Gasteiger partial charge < -0.3 is 10.4 Å². The maximum atomic E-state index is 12.4. The monoisotopic (exact) mass is 289 g/mol. The first-order valence-corrected chi connectivity index (χ1v) is 6.40. The van der Waals surface area contributed by atoms with Gasteiger partial charge in [-0.05, 0) is 37.5 Å². The number of aliphatic hydroxyl groups excluding tert-OH is 1. The normalized spacial score (nSPS) is 13.1. The van der Waals surface area contributed by atoms with E-state index in [-0.39, 0.29) is 12.3 Å². The zero-order chi connectivity index (χ0) is 15.2. The molecule has 1 unspecified atom stereocenters. The Hall–Kier alpha value is -1.56. The van der Waals surface area contributed by atoms with Crippen LogP contribution in [-0.2, 0) is 17.4 Å². The Morgan fingerprint density at radius 1 is 1.30 bits per heavy atom. The lowest BCUT2D eigenvalue weighted by Gasteiger charge is -2.08. The van der Waals surface area contributed by atoms with E-state index in [4.69, 9.17) is 5.11 Å². The van der Waals surface area contributed by atoms with Crippen LogP contribution in [0.2, 0.25) is 0 Å². The molecule has 0 fully saturated rings. The number of amides is 1. The van der Waals surface area contributed by atoms with E-state index in [1.807, 2.05) is 0 Å². The fourth-order valence-electron chi connectivity index (χ4n) is 1.68. The fraction of sp³-hybridized carbons (Fsp3) is 0.500. The molecule has 2 N–H and O–H groups in total. The lowest BCUT2D eigenvalue weighted by atomic mass is 10.1. The number of aliphatic hydroxyl groups is 1. The van der Waals surface area contributed by atoms with Gasteiger partial charge in [-0.3, -0.25) is 4.79 Å². The SMILES string of the molecule is CC(O)CCCNC(=O)Cc1ccc(C(F)(F)F)cc1. The zero-order valence-electron chi connectivity index (χ0n) is 11.2. The molecule has 112 valence electrons. The van der Waals surface area contributed by atoms with Crippen molar-refractivity contribution in [1.29, 1.82) is 0 Å². The maximum absolute atomic E-state index is 12.4. The number of alkyl halides is 3. The van der Waals surface area contributed by atoms with Crippen molar-refractivity contribution in [2.45, 2.75) is 38.5 Å². The van der Waals surface area contributed by atoms with Gasteiger partial charge in [-0.2, -0.15) is 13.2 Å². The molecule has 0 spiro atoms. The third kappa shape index (κ3) is 6.06. The summed E-state index contributed by atoms with van der Waals surface area (Å²) in [5, 5.41) is 11.7. The largest absolute Gasteiger partial charge is 0.416 e. The summed E-state index contributed by atoms with van der Waals surface area (Å²) >= 11 is 0. The van der Waals surface area contributed by atoms with E-state index < -0.39 is 17.8 Å². The van der Waals surface area contributed by atoms with Crippen molar-refractivity contribution in [3.05, 3.63) is 35.4 Å². The van der Waals surface area contributed by atoms with Gasteiger partial charge in [0.2, 0.25) is 5.91 Å². The van der Waals surface area contributed by atoms with E-state index in [0.717, 1.165) is 12.1 Å². The van der Waals surface area contributed by atoms with E-state index in [1.54, 1.807) is 6.92 Å². The number of halogens is 3. The molecule has 0 aliphatic heterocycles. The molecule has 0 aromatic heterocycles. The second kappa shape index (κ2) is 7.28. The molecule has 0 saturated carbocycles. The standard InChI is InChI=1S/C14H18F3NO2/c1-10(19)3-2-8-18-13(20)9-11-4-6-12(7-5-11)14(15,16)17/h4-7,10,19H,2-3,8-9H2,1H3,(H,18,20). The third-order valence-corrected chi connectivity index (χ3v) is 2.77. The Morgan fingerprint density at radius 3 is 2.40 bits per heavy atom. The Morgan fingerprint density at radius 2 is 1.90 bits per heavy atom. The first kappa shape index (κ1) is 16.5. The smallest absolute Gasteiger partial charge is 0.393 e. The van der Waals surface area contributed by atoms with Crippen LogP contribution in [0.4, 0.5) is 13.2 Å². The van der Waals surface area contributed by atoms with Crippen molar-refractivity contribution in [3.63, 3.8) is 0 Å². The minimum absolute atomic E-state index is 0.0484. The van der Waals surface area contributed by atoms with Crippen LogP contribution in [0, 0.1) is 0 Å². The summed E-state index contributed by atoms with van der Waals surface area (Å²) in [5.41, 5.74) is -0.190. The van der Waals surface area contributed by atoms with E-state index in [0.29, 0.717) is 24.9 Å². The van der Waals surface area contributed by atoms with E-state index in [9.17, 15) is 18.0 Å². The molecule has 1 aromatic rings. The average Bonchev–Trinajstić information content (AvgIpc) is 2.34. The van der Waals surface area contributed by atoms with E-state index in [2.05, 4.69) is 5.32 Å². The van der Waals surface area contributed by atoms with Gasteiger partial charge in [0.25, 0.3) is 0 Å². The first-order chi connectivity index (χ1) is 9.29. The lowest BCUT2D eigenvalue weighted by Crippen LogP contribution is -2.26. The van der Waals surface area contributed by atoms with Gasteiger partial charge in [-0.25, -0.2) is 0 Å². The van der Waals surface area contributed by atoms with Crippen LogP contribution in [0.5, 0.6) is 0 Å². The molecule has 6 heteroatoms. The fourth-order valence-corrected chi connectivity index (χ4v) is 1.68. The molecule has 20 heavy (non-hydrogen) atoms. The zero-order valence-corrected chi connectivity index (χ0v) is 11.2. The maximum Gasteiger partial charge on any atom is 0.416 e. The summed E-state index contributed by atoms with van der Waals surface area (Å²) < 4.78 is 37.1. The van der Waals surface area contributed by atoms with Crippen LogP contribution in [0.1, 0.15) is 30.9 Å². The minimum atomic E-state index is -4.36. The molecule has 1 aromatic carbocycles. The van der Waals surface area contributed by atoms with Crippen LogP contribution in [0.3, 0.4) is 0 Å². The molecule has 0 bridgehead atoms. The highest BCUT2D eigenvalue weighted by atomic mass is 19.4. The Kier molecular flexibility index (Phi) is 6.01. The predicted molar refractivity (Wildman–Crippen MR) is 69.1 cm³/mol. The van der Waals surface area contributed by atoms with Crippen LogP contribution < -0.4 is 5.32 Å². The van der Waals surface area contributed by atoms with E-state index >= 15 is 0 Å². The van der Waals surface area contributed by atoms with Crippen LogP contribution in [0.15, 0.2) is 24.3 Å². The van der Waals surface area contributed by atoms with Crippen molar-refractivity contribution in [2.75, 3.05) is 6.54 Å². The highest BCUT2D eigenvalue weighted by Crippen LogP contribution is 2.29. The molecule has 0 aliphatic rings. The van der Waals surface area contributed by atoms with Crippen molar-refractivity contribution in [3.8, 4) is 0 Å². The van der Waals surface area contributed by atoms with Crippen LogP contribution in [0.25, 0.3) is 0 Å². The van der Waals surface area contributed by atoms with Gasteiger partial charge in [-0.1, -0.05) is 12.1 Å². The molecular formula is C14H18F3NO2. The molecular weight excluding hydrogens is 271 g/mol. The van der Waals surface area contributed by atoms with Crippen LogP contribution >= 0.6 is 0 Å². The molecule has 0 aliphatic carbocycles. The lowest BCUT2D eigenvalue weighted by molar-refractivity contribution is -0.137. The Bertz CT molecular complexity index is 427. The second-order valence-electron chi connectivity index (χ2n) is 4.71. The van der Waals surface area contributed by atoms with Crippen molar-refractivity contribution in [2.24, 2.45) is 0 Å². The van der Waals surface area contributed by atoms with Crippen molar-refractivity contribution < 1.29 is 23.1 Å². The van der Waals surface area contributed by atoms with Gasteiger partial charge in [0.05, 0.1) is 18.1 Å². The van der Waals surface area contributed by atoms with Gasteiger partial charge >= 0.3 is 6.18 Å². The van der Waals surface area contributed by atoms with Crippen LogP contribution in [-0.4, -0.2) is 23.7 Å². The van der Waals surface area contributed by atoms with Crippen molar-refractivity contribution >= 4 is 5.91 Å². The number of rotatable bonds is 6. The number of carbonyl (C=O) groups excluding carboxylic acids is 1. The molecule has 1 atom stereocenters. The first-order valence-electron chi connectivity index (χ1n) is 6.40. The number of carbonyl (C=O) groups is 1. The topological polar surface area (TPSA) is 49.3 Å². The van der Waals surface area contributed by atoms with Gasteiger partial charge in [-0.15, -0.1) is 0 Å². The summed E-state index contributed by atoms with van der Waals surface area (Å²) in [5.74, 6) is -0.240. The highest BCUT2D eigenvalue weighted by molar-refractivity contribution is 5.78. The van der Waals surface area contributed by atoms with Crippen molar-refractivity contribution in [1.82, 2.24) is 5.32 Å². The Labute approximate surface area is 115 Å². The number of nitrogens with one attached hydrogen (secondary N) is 1. The summed E-state index contributed by atoms with van der Waals surface area (Å²) in [4.78, 5) is 11.5. The molecule has 3 nitrogen and oxygen atoms in total. The average molecular weight is 289 g/mol. The predicted octanol–water partition coefficient (Wildman–Crippen LogP) is 2.53. The number of benzene rings is 1. The number of hydrogen-bond acceptors (Lipinski definition) is 2. The summed E-state index contributed by atoms with van der Waals surface area (Å²) in [6.07, 6.45) is -3.45. The van der Waals surface area contributed by atoms with E-state index in [1.165, 1.54) is 12.1 Å². The minimum Gasteiger partial charge on any atom is -0.393 e. The molecule has 1 amide bonds. The third-order valence-electron chi connectivity index (χ3n) is 2.77.